The van der Waals surface area contributed by atoms with Crippen LogP contribution >= 0.6 is 11.6 Å². The number of benzene rings is 1. The number of allylic oxidation sites excluding steroid dienone is 2. The Balaban J connectivity index is 0.00000274. The summed E-state index contributed by atoms with van der Waals surface area (Å²) in [7, 11) is 3.24. The molecule has 1 aliphatic rings. The fourth-order valence-corrected chi connectivity index (χ4v) is 3.94. The second kappa shape index (κ2) is 16.1. The maximum atomic E-state index is 13.9. The highest BCUT2D eigenvalue weighted by Crippen LogP contribution is 2.45. The number of halogens is 4. The predicted molar refractivity (Wildman–Crippen MR) is 138 cm³/mol. The molecule has 35 heavy (non-hydrogen) atoms. The van der Waals surface area contributed by atoms with Gasteiger partial charge >= 0.3 is 6.18 Å². The lowest BCUT2D eigenvalue weighted by atomic mass is 9.82. The molecule has 0 spiro atoms. The largest absolute Gasteiger partial charge is 0.493 e. The second-order valence-corrected chi connectivity index (χ2v) is 8.22. The minimum atomic E-state index is -4.86. The highest BCUT2D eigenvalue weighted by molar-refractivity contribution is 6.30. The number of nitrogens with two attached hydrogens (primary N) is 1. The molecular weight excluding hydrogens is 481 g/mol. The molecule has 202 valence electrons. The van der Waals surface area contributed by atoms with Gasteiger partial charge in [-0.05, 0) is 55.1 Å². The standard InChI is InChI=1S/C22H30ClF3N2O3.2C2H6/c1-14(18-11-16(23)10-15-8-9-31-20(15)18)12-21(29,22(24,25)26)13-17(27)6-4-5-7-19(28-2)30-3;2*1-2/h5-7,10-11,14,19,28-29H,4,8-9,12-13,27H2,1-3H3;2*1-2H3/b7-5-,17-6-;;. The molecule has 0 aliphatic carbocycles. The van der Waals surface area contributed by atoms with E-state index in [-0.39, 0.29) is 11.9 Å². The summed E-state index contributed by atoms with van der Waals surface area (Å²) in [6, 6.07) is 3.36. The van der Waals surface area contributed by atoms with Crippen LogP contribution in [0.1, 0.15) is 70.9 Å². The number of fused-ring (bicyclic) bond motifs is 1. The number of likely N-dealkylation sites (N-methyl/N-ethyl adjacent to an activating group) is 1. The molecule has 0 saturated carbocycles. The third-order valence-electron chi connectivity index (χ3n) is 5.34. The first kappa shape index (κ1) is 33.3. The molecular formula is C26H42ClF3N2O3. The van der Waals surface area contributed by atoms with Gasteiger partial charge in [0.05, 0.1) is 6.61 Å². The van der Waals surface area contributed by atoms with Crippen molar-refractivity contribution in [2.24, 2.45) is 5.73 Å². The molecule has 0 bridgehead atoms. The van der Waals surface area contributed by atoms with Gasteiger partial charge in [-0.2, -0.15) is 13.2 Å². The van der Waals surface area contributed by atoms with E-state index in [2.05, 4.69) is 5.32 Å². The summed E-state index contributed by atoms with van der Waals surface area (Å²) in [6.07, 6.45) is -0.580. The van der Waals surface area contributed by atoms with Crippen molar-refractivity contribution < 1.29 is 27.8 Å². The van der Waals surface area contributed by atoms with Crippen molar-refractivity contribution >= 4 is 11.6 Å². The van der Waals surface area contributed by atoms with E-state index in [1.54, 1.807) is 38.3 Å². The van der Waals surface area contributed by atoms with Crippen LogP contribution in [0, 0.1) is 0 Å². The summed E-state index contributed by atoms with van der Waals surface area (Å²) >= 11 is 6.14. The Labute approximate surface area is 213 Å². The molecule has 0 amide bonds. The highest BCUT2D eigenvalue weighted by atomic mass is 35.5. The fraction of sp³-hybridized carbons (Fsp3) is 0.615. The first-order valence-electron chi connectivity index (χ1n) is 12.1. The lowest BCUT2D eigenvalue weighted by Crippen LogP contribution is -2.47. The zero-order valence-electron chi connectivity index (χ0n) is 21.9. The number of hydrogen-bond acceptors (Lipinski definition) is 5. The van der Waals surface area contributed by atoms with Crippen LogP contribution in [0.3, 0.4) is 0 Å². The van der Waals surface area contributed by atoms with Crippen LogP contribution in [0.5, 0.6) is 5.75 Å². The van der Waals surface area contributed by atoms with E-state index in [1.165, 1.54) is 13.2 Å². The maximum Gasteiger partial charge on any atom is 0.417 e. The van der Waals surface area contributed by atoms with Crippen LogP contribution in [0.15, 0.2) is 36.1 Å². The molecule has 0 saturated heterocycles. The minimum Gasteiger partial charge on any atom is -0.493 e. The number of nitrogens with one attached hydrogen (secondary N) is 1. The maximum absolute atomic E-state index is 13.9. The number of ether oxygens (including phenoxy) is 2. The molecule has 3 atom stereocenters. The summed E-state index contributed by atoms with van der Waals surface area (Å²) in [6.45, 7) is 10.1. The average molecular weight is 523 g/mol. The Morgan fingerprint density at radius 3 is 2.46 bits per heavy atom. The molecule has 9 heteroatoms. The van der Waals surface area contributed by atoms with Gasteiger partial charge in [-0.15, -0.1) is 0 Å². The molecule has 3 unspecified atom stereocenters. The van der Waals surface area contributed by atoms with Crippen molar-refractivity contribution in [3.63, 3.8) is 0 Å². The van der Waals surface area contributed by atoms with Crippen LogP contribution in [0.25, 0.3) is 0 Å². The highest BCUT2D eigenvalue weighted by Gasteiger charge is 2.54. The Bertz CT molecular complexity index is 812. The van der Waals surface area contributed by atoms with Crippen LogP contribution < -0.4 is 15.8 Å². The van der Waals surface area contributed by atoms with Crippen molar-refractivity contribution in [3.05, 3.63) is 52.2 Å². The monoisotopic (exact) mass is 522 g/mol. The lowest BCUT2D eigenvalue weighted by Gasteiger charge is -2.33. The third kappa shape index (κ3) is 10.0. The van der Waals surface area contributed by atoms with Gasteiger partial charge in [-0.3, -0.25) is 5.32 Å². The second-order valence-electron chi connectivity index (χ2n) is 7.78. The van der Waals surface area contributed by atoms with E-state index >= 15 is 0 Å². The van der Waals surface area contributed by atoms with Gasteiger partial charge in [-0.1, -0.05) is 58.4 Å². The van der Waals surface area contributed by atoms with E-state index in [0.29, 0.717) is 35.8 Å². The number of aliphatic hydroxyl groups is 1. The lowest BCUT2D eigenvalue weighted by molar-refractivity contribution is -0.263. The fourth-order valence-electron chi connectivity index (χ4n) is 3.69. The molecule has 5 nitrogen and oxygen atoms in total. The first-order chi connectivity index (χ1) is 16.5. The van der Waals surface area contributed by atoms with Gasteiger partial charge in [0.25, 0.3) is 0 Å². The number of methoxy groups -OCH3 is 1. The van der Waals surface area contributed by atoms with Gasteiger partial charge in [-0.25, -0.2) is 0 Å². The van der Waals surface area contributed by atoms with Crippen LogP contribution in [-0.4, -0.2) is 43.9 Å². The summed E-state index contributed by atoms with van der Waals surface area (Å²) < 4.78 is 52.3. The van der Waals surface area contributed by atoms with Gasteiger partial charge in [0.1, 0.15) is 12.0 Å². The molecule has 2 rings (SSSR count). The number of rotatable bonds is 10. The minimum absolute atomic E-state index is 0.0392. The molecule has 1 heterocycles. The molecule has 0 aromatic heterocycles. The van der Waals surface area contributed by atoms with Gasteiger partial charge in [0.2, 0.25) is 0 Å². The Kier molecular flexibility index (Phi) is 15.3. The topological polar surface area (TPSA) is 76.7 Å². The number of hydrogen-bond donors (Lipinski definition) is 3. The summed E-state index contributed by atoms with van der Waals surface area (Å²) in [5, 5.41) is 13.9. The van der Waals surface area contributed by atoms with E-state index in [9.17, 15) is 18.3 Å². The number of alkyl halides is 3. The molecule has 0 radical (unpaired) electrons. The van der Waals surface area contributed by atoms with Crippen LogP contribution in [0.4, 0.5) is 13.2 Å². The van der Waals surface area contributed by atoms with Gasteiger partial charge in [0, 0.05) is 30.7 Å². The van der Waals surface area contributed by atoms with E-state index in [0.717, 1.165) is 5.56 Å². The molecule has 1 aromatic rings. The Morgan fingerprint density at radius 2 is 1.91 bits per heavy atom. The van der Waals surface area contributed by atoms with Crippen molar-refractivity contribution in [1.82, 2.24) is 5.32 Å². The summed E-state index contributed by atoms with van der Waals surface area (Å²) in [4.78, 5) is 0. The zero-order chi connectivity index (χ0) is 27.2. The third-order valence-corrected chi connectivity index (χ3v) is 5.56. The SMILES string of the molecule is CC.CC.CNC(/C=C\C/C=C(\N)CC(O)(CC(C)c1cc(Cl)cc2c1OCC2)C(F)(F)F)OC. The van der Waals surface area contributed by atoms with E-state index in [4.69, 9.17) is 26.8 Å². The average Bonchev–Trinajstić information content (AvgIpc) is 3.28. The Morgan fingerprint density at radius 1 is 1.29 bits per heavy atom. The van der Waals surface area contributed by atoms with E-state index < -0.39 is 30.5 Å². The molecule has 0 fully saturated rings. The van der Waals surface area contributed by atoms with Crippen molar-refractivity contribution in [2.45, 2.75) is 84.2 Å². The summed E-state index contributed by atoms with van der Waals surface area (Å²) in [5.41, 5.74) is 4.25. The van der Waals surface area contributed by atoms with E-state index in [1.807, 2.05) is 27.7 Å². The Hall–Kier alpha value is -1.74. The van der Waals surface area contributed by atoms with Crippen molar-refractivity contribution in [2.75, 3.05) is 20.8 Å². The van der Waals surface area contributed by atoms with Gasteiger partial charge < -0.3 is 20.3 Å². The van der Waals surface area contributed by atoms with Crippen molar-refractivity contribution in [1.29, 1.82) is 0 Å². The quantitative estimate of drug-likeness (QED) is 0.242. The summed E-state index contributed by atoms with van der Waals surface area (Å²) in [5.74, 6) is -0.0877. The molecule has 4 N–H and O–H groups in total. The molecule has 1 aromatic carbocycles. The smallest absolute Gasteiger partial charge is 0.417 e. The normalized spacial score (nSPS) is 16.7. The molecule has 1 aliphatic heterocycles. The zero-order valence-corrected chi connectivity index (χ0v) is 22.7. The van der Waals surface area contributed by atoms with Crippen LogP contribution in [0.2, 0.25) is 5.02 Å². The predicted octanol–water partition coefficient (Wildman–Crippen LogP) is 6.49. The van der Waals surface area contributed by atoms with Crippen LogP contribution in [-0.2, 0) is 11.2 Å². The van der Waals surface area contributed by atoms with Crippen molar-refractivity contribution in [3.8, 4) is 5.75 Å². The van der Waals surface area contributed by atoms with Gasteiger partial charge in [0.15, 0.2) is 5.60 Å². The first-order valence-corrected chi connectivity index (χ1v) is 12.4.